The number of aliphatic hydroxyl groups excluding tert-OH is 1. The standard InChI is InChI=1S/C30H36ClN3O8/c1-27-8-5-22-23(30(27,39)11-7-21(27)17-12-25(36)42-15-17)6-10-29(38)14-19(35)4-9-28(22,29)16-32-33-26(37)20-3-2-18(34(40)41)13-24(20)31/h2-3,12-13,16,19,21-23,35,38-39H,4-11,14-15H2,1H3,(H,33,37)/b32-16-/t19-,21-,22+,23-,27-,28+,29-,30-/m1/s1. The fourth-order valence-electron chi connectivity index (χ4n) is 9.43. The first-order valence-corrected chi connectivity index (χ1v) is 15.0. The average molecular weight is 602 g/mol. The zero-order chi connectivity index (χ0) is 30.1. The summed E-state index contributed by atoms with van der Waals surface area (Å²) in [6.45, 7) is 2.38. The third kappa shape index (κ3) is 4.23. The Morgan fingerprint density at radius 3 is 2.62 bits per heavy atom. The first kappa shape index (κ1) is 29.2. The average Bonchev–Trinajstić information content (AvgIpc) is 3.48. The molecule has 8 atom stereocenters. The lowest BCUT2D eigenvalue weighted by atomic mass is 9.41. The Labute approximate surface area is 248 Å². The molecule has 4 N–H and O–H groups in total. The fourth-order valence-corrected chi connectivity index (χ4v) is 9.69. The van der Waals surface area contributed by atoms with E-state index >= 15 is 0 Å². The summed E-state index contributed by atoms with van der Waals surface area (Å²) in [6, 6.07) is 3.55. The number of amides is 1. The summed E-state index contributed by atoms with van der Waals surface area (Å²) < 4.78 is 5.21. The van der Waals surface area contributed by atoms with Crippen LogP contribution >= 0.6 is 11.6 Å². The highest BCUT2D eigenvalue weighted by Crippen LogP contribution is 2.70. The molecule has 4 fully saturated rings. The van der Waals surface area contributed by atoms with Crippen LogP contribution in [0, 0.1) is 38.7 Å². The number of benzene rings is 1. The second-order valence-corrected chi connectivity index (χ2v) is 13.5. The zero-order valence-electron chi connectivity index (χ0n) is 23.4. The van der Waals surface area contributed by atoms with Crippen molar-refractivity contribution < 1.29 is 34.6 Å². The normalized spacial score (nSPS) is 41.0. The Hall–Kier alpha value is -2.86. The maximum absolute atomic E-state index is 12.9. The number of nitrogens with one attached hydrogen (secondary N) is 1. The molecule has 0 unspecified atom stereocenters. The van der Waals surface area contributed by atoms with Crippen molar-refractivity contribution in [3.05, 3.63) is 50.5 Å². The van der Waals surface area contributed by atoms with Gasteiger partial charge in [0, 0.05) is 41.7 Å². The summed E-state index contributed by atoms with van der Waals surface area (Å²) in [5.41, 5.74) is -0.454. The van der Waals surface area contributed by atoms with Crippen LogP contribution in [-0.2, 0) is 9.53 Å². The minimum atomic E-state index is -1.28. The maximum Gasteiger partial charge on any atom is 0.331 e. The number of esters is 1. The highest BCUT2D eigenvalue weighted by molar-refractivity contribution is 6.34. The van der Waals surface area contributed by atoms with Gasteiger partial charge >= 0.3 is 5.97 Å². The number of hydrogen-bond donors (Lipinski definition) is 4. The summed E-state index contributed by atoms with van der Waals surface area (Å²) >= 11 is 6.14. The molecule has 0 saturated heterocycles. The highest BCUT2D eigenvalue weighted by atomic mass is 35.5. The van der Waals surface area contributed by atoms with Gasteiger partial charge in [0.25, 0.3) is 11.6 Å². The molecular weight excluding hydrogens is 566 g/mol. The minimum Gasteiger partial charge on any atom is -0.458 e. The zero-order valence-corrected chi connectivity index (χ0v) is 24.2. The van der Waals surface area contributed by atoms with Crippen LogP contribution < -0.4 is 5.43 Å². The summed E-state index contributed by atoms with van der Waals surface area (Å²) in [6.07, 6.45) is 7.23. The first-order valence-electron chi connectivity index (χ1n) is 14.6. The van der Waals surface area contributed by atoms with Crippen molar-refractivity contribution in [2.75, 3.05) is 6.61 Å². The second kappa shape index (κ2) is 10.1. The van der Waals surface area contributed by atoms with Crippen LogP contribution in [0.2, 0.25) is 5.02 Å². The molecular formula is C30H36ClN3O8. The topological polar surface area (TPSA) is 172 Å². The van der Waals surface area contributed by atoms with E-state index in [1.54, 1.807) is 12.3 Å². The number of nitrogens with zero attached hydrogens (tertiary/aromatic N) is 2. The molecule has 0 radical (unpaired) electrons. The monoisotopic (exact) mass is 601 g/mol. The number of halogens is 1. The van der Waals surface area contributed by atoms with Gasteiger partial charge in [-0.15, -0.1) is 0 Å². The quantitative estimate of drug-likeness (QED) is 0.171. The molecule has 0 aromatic heterocycles. The van der Waals surface area contributed by atoms with Crippen LogP contribution in [0.4, 0.5) is 5.69 Å². The van der Waals surface area contributed by atoms with E-state index in [2.05, 4.69) is 17.5 Å². The van der Waals surface area contributed by atoms with Crippen molar-refractivity contribution in [3.8, 4) is 0 Å². The summed E-state index contributed by atoms with van der Waals surface area (Å²) in [7, 11) is 0. The van der Waals surface area contributed by atoms with Crippen LogP contribution in [0.3, 0.4) is 0 Å². The smallest absolute Gasteiger partial charge is 0.331 e. The number of non-ortho nitro benzene ring substituents is 1. The van der Waals surface area contributed by atoms with Gasteiger partial charge in [-0.3, -0.25) is 14.9 Å². The second-order valence-electron chi connectivity index (χ2n) is 13.1. The number of hydrogen-bond acceptors (Lipinski definition) is 9. The lowest BCUT2D eigenvalue weighted by Crippen LogP contribution is -2.68. The molecule has 4 saturated carbocycles. The maximum atomic E-state index is 12.9. The predicted molar refractivity (Wildman–Crippen MR) is 152 cm³/mol. The predicted octanol–water partition coefficient (Wildman–Crippen LogP) is 3.68. The number of ether oxygens (including phenoxy) is 1. The molecule has 1 heterocycles. The van der Waals surface area contributed by atoms with Crippen molar-refractivity contribution >= 4 is 35.4 Å². The van der Waals surface area contributed by atoms with Crippen LogP contribution in [0.1, 0.15) is 75.1 Å². The van der Waals surface area contributed by atoms with E-state index in [1.807, 2.05) is 0 Å². The fraction of sp³-hybridized carbons (Fsp3) is 0.633. The van der Waals surface area contributed by atoms with Gasteiger partial charge in [-0.25, -0.2) is 10.2 Å². The summed E-state index contributed by atoms with van der Waals surface area (Å²) in [5.74, 6) is -1.27. The van der Waals surface area contributed by atoms with E-state index in [-0.39, 0.29) is 53.0 Å². The number of carbonyl (C=O) groups is 2. The molecule has 0 bridgehead atoms. The van der Waals surface area contributed by atoms with Crippen molar-refractivity contribution in [1.29, 1.82) is 0 Å². The lowest BCUT2D eigenvalue weighted by molar-refractivity contribution is -0.384. The summed E-state index contributed by atoms with van der Waals surface area (Å²) in [5, 5.41) is 50.4. The van der Waals surface area contributed by atoms with Crippen LogP contribution in [-0.4, -0.2) is 62.2 Å². The molecule has 0 spiro atoms. The van der Waals surface area contributed by atoms with Gasteiger partial charge in [-0.1, -0.05) is 18.5 Å². The van der Waals surface area contributed by atoms with Crippen LogP contribution in [0.5, 0.6) is 0 Å². The summed E-state index contributed by atoms with van der Waals surface area (Å²) in [4.78, 5) is 35.2. The number of rotatable bonds is 5. The van der Waals surface area contributed by atoms with Crippen molar-refractivity contribution in [3.63, 3.8) is 0 Å². The van der Waals surface area contributed by atoms with E-state index in [0.717, 1.165) is 18.1 Å². The number of nitro benzene ring substituents is 1. The minimum absolute atomic E-state index is 0.0242. The number of carbonyl (C=O) groups excluding carboxylic acids is 2. The van der Waals surface area contributed by atoms with E-state index in [9.17, 15) is 35.0 Å². The molecule has 4 aliphatic carbocycles. The van der Waals surface area contributed by atoms with Crippen molar-refractivity contribution in [2.24, 2.45) is 33.7 Å². The molecule has 226 valence electrons. The molecule has 12 heteroatoms. The largest absolute Gasteiger partial charge is 0.458 e. The van der Waals surface area contributed by atoms with Gasteiger partial charge in [0.2, 0.25) is 0 Å². The Bertz CT molecular complexity index is 1400. The molecule has 1 aliphatic heterocycles. The molecule has 1 amide bonds. The van der Waals surface area contributed by atoms with Crippen LogP contribution in [0.25, 0.3) is 0 Å². The molecule has 42 heavy (non-hydrogen) atoms. The third-order valence-electron chi connectivity index (χ3n) is 11.5. The Morgan fingerprint density at radius 1 is 1.17 bits per heavy atom. The van der Waals surface area contributed by atoms with E-state index in [1.165, 1.54) is 12.1 Å². The molecule has 6 rings (SSSR count). The number of hydrazone groups is 1. The van der Waals surface area contributed by atoms with E-state index in [4.69, 9.17) is 16.3 Å². The molecule has 11 nitrogen and oxygen atoms in total. The number of nitro groups is 1. The van der Waals surface area contributed by atoms with Gasteiger partial charge in [-0.05, 0) is 80.8 Å². The highest BCUT2D eigenvalue weighted by Gasteiger charge is 2.71. The Kier molecular flexibility index (Phi) is 7.03. The number of aliphatic hydroxyl groups is 3. The van der Waals surface area contributed by atoms with Gasteiger partial charge in [-0.2, -0.15) is 5.10 Å². The van der Waals surface area contributed by atoms with E-state index in [0.29, 0.717) is 44.9 Å². The van der Waals surface area contributed by atoms with Gasteiger partial charge < -0.3 is 20.1 Å². The first-order chi connectivity index (χ1) is 19.8. The molecule has 1 aromatic rings. The third-order valence-corrected chi connectivity index (χ3v) is 11.8. The molecule has 1 aromatic carbocycles. The Morgan fingerprint density at radius 2 is 1.93 bits per heavy atom. The van der Waals surface area contributed by atoms with Gasteiger partial charge in [0.1, 0.15) is 6.61 Å². The van der Waals surface area contributed by atoms with Crippen LogP contribution in [0.15, 0.2) is 34.9 Å². The number of fused-ring (bicyclic) bond motifs is 5. The number of cyclic esters (lactones) is 1. The van der Waals surface area contributed by atoms with Crippen molar-refractivity contribution in [2.45, 2.75) is 82.0 Å². The van der Waals surface area contributed by atoms with Gasteiger partial charge in [0.15, 0.2) is 0 Å². The van der Waals surface area contributed by atoms with Crippen molar-refractivity contribution in [1.82, 2.24) is 5.43 Å². The lowest BCUT2D eigenvalue weighted by Gasteiger charge is -2.65. The Balaban J connectivity index is 1.30. The molecule has 5 aliphatic rings. The van der Waals surface area contributed by atoms with Gasteiger partial charge in [0.05, 0.1) is 32.8 Å². The van der Waals surface area contributed by atoms with E-state index < -0.39 is 39.0 Å². The SMILES string of the molecule is C[C@]12CC[C@H]3[C@@H](CC[C@@]4(O)C[C@H](O)CC[C@]34/C=N\NC(=O)c3ccc([N+](=O)[O-])cc3Cl)[C@]1(O)CC[C@@H]2C1=CC(=O)OC1.